The maximum absolute atomic E-state index is 5.70. The van der Waals surface area contributed by atoms with Crippen molar-refractivity contribution >= 4 is 17.3 Å². The van der Waals surface area contributed by atoms with Crippen LogP contribution in [0.3, 0.4) is 0 Å². The Labute approximate surface area is 59.6 Å². The molecule has 0 fully saturated rings. The Hall–Kier alpha value is -0.530. The molecule has 0 heterocycles. The van der Waals surface area contributed by atoms with Crippen molar-refractivity contribution in [3.8, 4) is 0 Å². The van der Waals surface area contributed by atoms with Crippen LogP contribution in [0.25, 0.3) is 0 Å². The molecule has 9 heavy (non-hydrogen) atoms. The van der Waals surface area contributed by atoms with Crippen molar-refractivity contribution in [3.05, 3.63) is 29.3 Å². The molecule has 0 saturated carbocycles. The highest BCUT2D eigenvalue weighted by atomic mass is 35.5. The van der Waals surface area contributed by atoms with Crippen LogP contribution in [0, 0.1) is 0 Å². The summed E-state index contributed by atoms with van der Waals surface area (Å²) in [4.78, 5) is 0. The van der Waals surface area contributed by atoms with E-state index in [1.54, 1.807) is 0 Å². The summed E-state index contributed by atoms with van der Waals surface area (Å²) in [6.07, 6.45) is 0. The summed E-state index contributed by atoms with van der Waals surface area (Å²) in [5.41, 5.74) is 1.17. The molecule has 2 N–H and O–H groups in total. The average molecular weight is 143 g/mol. The smallest absolute Gasteiger partial charge is 0.130 e. The van der Waals surface area contributed by atoms with Crippen LogP contribution in [0.2, 0.25) is 5.02 Å². The molecule has 1 nitrogen and oxygen atoms in total. The SMILES string of the molecule is C[NH2+]c1cccc(Cl)c1. The third-order valence-electron chi connectivity index (χ3n) is 1.18. The van der Waals surface area contributed by atoms with E-state index >= 15 is 0 Å². The topological polar surface area (TPSA) is 16.6 Å². The summed E-state index contributed by atoms with van der Waals surface area (Å²) in [5, 5.41) is 2.82. The number of hydrogen-bond acceptors (Lipinski definition) is 0. The normalized spacial score (nSPS) is 9.56. The second-order valence-corrected chi connectivity index (χ2v) is 2.28. The van der Waals surface area contributed by atoms with Gasteiger partial charge in [0, 0.05) is 11.1 Å². The zero-order valence-corrected chi connectivity index (χ0v) is 6.02. The Balaban J connectivity index is 2.94. The van der Waals surface area contributed by atoms with Crippen LogP contribution >= 0.6 is 11.6 Å². The summed E-state index contributed by atoms with van der Waals surface area (Å²) in [7, 11) is 1.99. The Morgan fingerprint density at radius 1 is 1.44 bits per heavy atom. The summed E-state index contributed by atoms with van der Waals surface area (Å²) < 4.78 is 0. The van der Waals surface area contributed by atoms with Crippen LogP contribution in [-0.4, -0.2) is 7.05 Å². The molecule has 1 rings (SSSR count). The molecule has 0 unspecified atom stereocenters. The summed E-state index contributed by atoms with van der Waals surface area (Å²) >= 11 is 5.70. The quantitative estimate of drug-likeness (QED) is 0.567. The van der Waals surface area contributed by atoms with Gasteiger partial charge in [-0.3, -0.25) is 0 Å². The number of rotatable bonds is 1. The Morgan fingerprint density at radius 2 is 2.22 bits per heavy atom. The van der Waals surface area contributed by atoms with Crippen molar-refractivity contribution in [2.45, 2.75) is 0 Å². The van der Waals surface area contributed by atoms with Crippen molar-refractivity contribution in [3.63, 3.8) is 0 Å². The number of halogens is 1. The van der Waals surface area contributed by atoms with Gasteiger partial charge in [-0.2, -0.15) is 0 Å². The van der Waals surface area contributed by atoms with Gasteiger partial charge in [-0.25, -0.2) is 0 Å². The minimum Gasteiger partial charge on any atom is -0.316 e. The summed E-state index contributed by atoms with van der Waals surface area (Å²) in [6.45, 7) is 0. The van der Waals surface area contributed by atoms with E-state index in [1.165, 1.54) is 5.69 Å². The van der Waals surface area contributed by atoms with Crippen molar-refractivity contribution in [1.82, 2.24) is 0 Å². The van der Waals surface area contributed by atoms with Gasteiger partial charge in [0.15, 0.2) is 0 Å². The molecule has 0 aliphatic carbocycles. The molecule has 1 aromatic carbocycles. The van der Waals surface area contributed by atoms with E-state index in [4.69, 9.17) is 11.6 Å². The van der Waals surface area contributed by atoms with E-state index < -0.39 is 0 Å². The summed E-state index contributed by atoms with van der Waals surface area (Å²) in [5.74, 6) is 0. The van der Waals surface area contributed by atoms with Crippen LogP contribution in [0.4, 0.5) is 5.69 Å². The van der Waals surface area contributed by atoms with Gasteiger partial charge in [0.1, 0.15) is 5.69 Å². The van der Waals surface area contributed by atoms with Gasteiger partial charge < -0.3 is 5.32 Å². The van der Waals surface area contributed by atoms with E-state index in [0.717, 1.165) is 5.02 Å². The maximum Gasteiger partial charge on any atom is 0.130 e. The van der Waals surface area contributed by atoms with Crippen molar-refractivity contribution in [1.29, 1.82) is 0 Å². The third kappa shape index (κ3) is 1.70. The van der Waals surface area contributed by atoms with E-state index in [2.05, 4.69) is 0 Å². The fourth-order valence-corrected chi connectivity index (χ4v) is 0.885. The molecule has 1 aromatic rings. The zero-order chi connectivity index (χ0) is 6.69. The molecule has 0 bridgehead atoms. The third-order valence-corrected chi connectivity index (χ3v) is 1.42. The van der Waals surface area contributed by atoms with Gasteiger partial charge in [0.05, 0.1) is 7.05 Å². The van der Waals surface area contributed by atoms with Gasteiger partial charge in [-0.1, -0.05) is 17.7 Å². The number of quaternary nitrogens is 1. The molecule has 0 spiro atoms. The van der Waals surface area contributed by atoms with Crippen molar-refractivity contribution in [2.75, 3.05) is 7.05 Å². The molecule has 0 aromatic heterocycles. The fraction of sp³-hybridized carbons (Fsp3) is 0.143. The Bertz CT molecular complexity index is 198. The molecular formula is C7H9ClN+. The molecule has 0 aliphatic rings. The maximum atomic E-state index is 5.70. The second-order valence-electron chi connectivity index (χ2n) is 1.84. The number of nitrogens with two attached hydrogens (primary N) is 1. The van der Waals surface area contributed by atoms with Crippen LogP contribution in [0.1, 0.15) is 0 Å². The monoisotopic (exact) mass is 142 g/mol. The molecule has 48 valence electrons. The van der Waals surface area contributed by atoms with Gasteiger partial charge in [0.25, 0.3) is 0 Å². The van der Waals surface area contributed by atoms with E-state index in [1.807, 2.05) is 36.6 Å². The predicted molar refractivity (Wildman–Crippen MR) is 39.0 cm³/mol. The van der Waals surface area contributed by atoms with Gasteiger partial charge in [-0.15, -0.1) is 0 Å². The van der Waals surface area contributed by atoms with Crippen LogP contribution in [0.15, 0.2) is 24.3 Å². The first-order valence-corrected chi connectivity index (χ1v) is 3.25. The molecule has 0 saturated heterocycles. The summed E-state index contributed by atoms with van der Waals surface area (Å²) in [6, 6.07) is 7.76. The minimum absolute atomic E-state index is 0.797. The van der Waals surface area contributed by atoms with Crippen molar-refractivity contribution in [2.24, 2.45) is 0 Å². The predicted octanol–water partition coefficient (Wildman–Crippen LogP) is 1.16. The lowest BCUT2D eigenvalue weighted by Gasteiger charge is -1.91. The Morgan fingerprint density at radius 3 is 2.67 bits per heavy atom. The van der Waals surface area contributed by atoms with Crippen molar-refractivity contribution < 1.29 is 5.32 Å². The Kier molecular flexibility index (Phi) is 2.09. The zero-order valence-electron chi connectivity index (χ0n) is 5.26. The van der Waals surface area contributed by atoms with Crippen LogP contribution in [-0.2, 0) is 0 Å². The van der Waals surface area contributed by atoms with Gasteiger partial charge in [-0.05, 0) is 12.1 Å². The first-order valence-electron chi connectivity index (χ1n) is 2.88. The molecule has 0 radical (unpaired) electrons. The second kappa shape index (κ2) is 2.85. The van der Waals surface area contributed by atoms with Crippen LogP contribution < -0.4 is 5.32 Å². The lowest BCUT2D eigenvalue weighted by Crippen LogP contribution is -2.72. The lowest BCUT2D eigenvalue weighted by molar-refractivity contribution is -0.539. The first kappa shape index (κ1) is 6.59. The molecule has 0 atom stereocenters. The van der Waals surface area contributed by atoms with Gasteiger partial charge >= 0.3 is 0 Å². The standard InChI is InChI=1S/C7H8ClN/c1-9-7-4-2-3-6(8)5-7/h2-5,9H,1H3/p+1. The van der Waals surface area contributed by atoms with E-state index in [0.29, 0.717) is 0 Å². The lowest BCUT2D eigenvalue weighted by atomic mass is 10.3. The first-order chi connectivity index (χ1) is 4.33. The molecule has 0 amide bonds. The minimum atomic E-state index is 0.797. The highest BCUT2D eigenvalue weighted by molar-refractivity contribution is 6.30. The molecular weight excluding hydrogens is 134 g/mol. The average Bonchev–Trinajstić information content (AvgIpc) is 1.88. The highest BCUT2D eigenvalue weighted by Gasteiger charge is 1.90. The molecule has 2 heteroatoms. The van der Waals surface area contributed by atoms with E-state index in [9.17, 15) is 0 Å². The van der Waals surface area contributed by atoms with E-state index in [-0.39, 0.29) is 0 Å². The van der Waals surface area contributed by atoms with Crippen LogP contribution in [0.5, 0.6) is 0 Å². The molecule has 0 aliphatic heterocycles. The fourth-order valence-electron chi connectivity index (χ4n) is 0.686. The number of hydrogen-bond donors (Lipinski definition) is 1. The largest absolute Gasteiger partial charge is 0.316 e. The van der Waals surface area contributed by atoms with Gasteiger partial charge in [0.2, 0.25) is 0 Å². The number of benzene rings is 1. The highest BCUT2D eigenvalue weighted by Crippen LogP contribution is 2.09.